The van der Waals surface area contributed by atoms with Crippen molar-refractivity contribution >= 4 is 17.9 Å². The lowest BCUT2D eigenvalue weighted by atomic mass is 10.1. The molecule has 0 aromatic carbocycles. The number of esters is 2. The molecule has 0 amide bonds. The number of hydrogen-bond acceptors (Lipinski definition) is 6. The fourth-order valence-electron chi connectivity index (χ4n) is 6.86. The van der Waals surface area contributed by atoms with Gasteiger partial charge in [0, 0.05) is 19.3 Å². The van der Waals surface area contributed by atoms with E-state index in [-0.39, 0.29) is 36.2 Å². The highest BCUT2D eigenvalue weighted by Gasteiger charge is 2.31. The Balaban J connectivity index is 4.41. The fourth-order valence-corrected chi connectivity index (χ4v) is 6.86. The number of aliphatic carboxylic acids is 1. The van der Waals surface area contributed by atoms with Crippen LogP contribution in [0.5, 0.6) is 0 Å². The van der Waals surface area contributed by atoms with Gasteiger partial charge in [0.05, 0.1) is 34.4 Å². The predicted octanol–water partition coefficient (Wildman–Crippen LogP) is 15.2. The third kappa shape index (κ3) is 45.2. The van der Waals surface area contributed by atoms with Crippen LogP contribution in [-0.4, -0.2) is 80.6 Å². The first-order valence-electron chi connectivity index (χ1n) is 25.9. The Morgan fingerprint density at radius 3 is 1.21 bits per heavy atom. The number of carbonyl (C=O) groups excluding carboxylic acids is 2. The van der Waals surface area contributed by atoms with Crippen molar-refractivity contribution in [3.8, 4) is 0 Å². The number of hydrogen-bond donors (Lipinski definition) is 1. The number of carbonyl (C=O) groups is 3. The quantitative estimate of drug-likeness (QED) is 0.0281. The number of likely N-dealkylation sites (N-methyl/N-ethyl adjacent to an activating group) is 1. The summed E-state index contributed by atoms with van der Waals surface area (Å²) in [5.74, 6) is -1.56. The molecule has 2 unspecified atom stereocenters. The highest BCUT2D eigenvalue weighted by atomic mass is 16.6. The summed E-state index contributed by atoms with van der Waals surface area (Å²) in [7, 11) is 5.50. The van der Waals surface area contributed by atoms with Gasteiger partial charge in [-0.05, 0) is 109 Å². The van der Waals surface area contributed by atoms with Crippen LogP contribution < -0.4 is 0 Å². The zero-order valence-electron chi connectivity index (χ0n) is 42.6. The average Bonchev–Trinajstić information content (AvgIpc) is 3.28. The molecule has 2 atom stereocenters. The molecule has 0 spiro atoms. The number of carboxylic acid groups (broad SMARTS) is 1. The molecule has 374 valence electrons. The Bertz CT molecular complexity index is 1440. The monoisotopic (exact) mass is 919 g/mol. The summed E-state index contributed by atoms with van der Waals surface area (Å²) < 4.78 is 17.3. The Hall–Kier alpha value is -4.01. The number of allylic oxidation sites excluding steroid dienone is 18. The molecular weight excluding hydrogens is 823 g/mol. The Morgan fingerprint density at radius 2 is 0.803 bits per heavy atom. The second kappa shape index (κ2) is 47.5. The van der Waals surface area contributed by atoms with Gasteiger partial charge >= 0.3 is 17.9 Å². The van der Waals surface area contributed by atoms with Crippen LogP contribution >= 0.6 is 0 Å². The zero-order chi connectivity index (χ0) is 48.4. The number of quaternary nitrogens is 1. The number of ether oxygens (including phenoxy) is 3. The van der Waals surface area contributed by atoms with Gasteiger partial charge in [-0.15, -0.1) is 0 Å². The molecule has 8 nitrogen and oxygen atoms in total. The average molecular weight is 919 g/mol. The minimum absolute atomic E-state index is 0.0320. The molecule has 1 N–H and O–H groups in total. The highest BCUT2D eigenvalue weighted by Crippen LogP contribution is 2.12. The third-order valence-corrected chi connectivity index (χ3v) is 10.9. The van der Waals surface area contributed by atoms with Crippen LogP contribution in [0, 0.1) is 0 Å². The maximum absolute atomic E-state index is 12.8. The van der Waals surface area contributed by atoms with E-state index in [1.165, 1.54) is 51.4 Å². The van der Waals surface area contributed by atoms with Crippen LogP contribution in [0.25, 0.3) is 0 Å². The molecule has 0 heterocycles. The predicted molar refractivity (Wildman–Crippen MR) is 279 cm³/mol. The molecule has 0 saturated heterocycles. The Morgan fingerprint density at radius 1 is 0.455 bits per heavy atom. The SMILES string of the molecule is CCCCC/C=C/C/C=C/C/C=C/C/C=C/C/C=C/CCCCC(=O)OCC(COCCC(C(=O)O)[N+](C)(C)C)OC(=O)CCCCCCC/C=C/C/C=C/C/C=C/C/C=C/CCCCC. The van der Waals surface area contributed by atoms with E-state index in [4.69, 9.17) is 14.2 Å². The number of carboxylic acids is 1. The molecule has 0 aromatic heterocycles. The molecule has 66 heavy (non-hydrogen) atoms. The molecule has 0 saturated carbocycles. The van der Waals surface area contributed by atoms with E-state index in [9.17, 15) is 19.5 Å². The van der Waals surface area contributed by atoms with E-state index in [0.717, 1.165) is 96.3 Å². The molecule has 0 fully saturated rings. The smallest absolute Gasteiger partial charge is 0.362 e. The molecule has 0 aliphatic heterocycles. The minimum Gasteiger partial charge on any atom is -0.477 e. The van der Waals surface area contributed by atoms with Crippen molar-refractivity contribution in [2.45, 2.75) is 199 Å². The highest BCUT2D eigenvalue weighted by molar-refractivity contribution is 5.72. The van der Waals surface area contributed by atoms with Gasteiger partial charge in [0.1, 0.15) is 6.61 Å². The van der Waals surface area contributed by atoms with Crippen molar-refractivity contribution in [3.05, 3.63) is 109 Å². The van der Waals surface area contributed by atoms with Crippen LogP contribution in [0.15, 0.2) is 109 Å². The Labute approximate surface area is 404 Å². The normalized spacial score (nSPS) is 13.8. The summed E-state index contributed by atoms with van der Waals surface area (Å²) in [6.07, 6.45) is 65.6. The summed E-state index contributed by atoms with van der Waals surface area (Å²) in [5.41, 5.74) is 0. The van der Waals surface area contributed by atoms with E-state index in [1.807, 2.05) is 21.1 Å². The van der Waals surface area contributed by atoms with Crippen LogP contribution in [0.4, 0.5) is 0 Å². The second-order valence-corrected chi connectivity index (χ2v) is 18.1. The minimum atomic E-state index is -0.889. The van der Waals surface area contributed by atoms with Crippen molar-refractivity contribution in [3.63, 3.8) is 0 Å². The maximum Gasteiger partial charge on any atom is 0.362 e. The van der Waals surface area contributed by atoms with Gasteiger partial charge < -0.3 is 23.8 Å². The van der Waals surface area contributed by atoms with Gasteiger partial charge in [-0.3, -0.25) is 9.59 Å². The van der Waals surface area contributed by atoms with Crippen LogP contribution in [0.2, 0.25) is 0 Å². The summed E-state index contributed by atoms with van der Waals surface area (Å²) in [4.78, 5) is 37.2. The lowest BCUT2D eigenvalue weighted by Crippen LogP contribution is -2.50. The van der Waals surface area contributed by atoms with E-state index < -0.39 is 18.1 Å². The van der Waals surface area contributed by atoms with Gasteiger partial charge in [-0.25, -0.2) is 4.79 Å². The summed E-state index contributed by atoms with van der Waals surface area (Å²) in [5, 5.41) is 9.66. The van der Waals surface area contributed by atoms with E-state index in [2.05, 4.69) is 123 Å². The molecule has 0 radical (unpaired) electrons. The lowest BCUT2D eigenvalue weighted by molar-refractivity contribution is -0.887. The lowest BCUT2D eigenvalue weighted by Gasteiger charge is -2.31. The first-order valence-corrected chi connectivity index (χ1v) is 25.9. The maximum atomic E-state index is 12.8. The largest absolute Gasteiger partial charge is 0.477 e. The summed E-state index contributed by atoms with van der Waals surface area (Å²) >= 11 is 0. The summed E-state index contributed by atoms with van der Waals surface area (Å²) in [6.45, 7) is 4.60. The standard InChI is InChI=1S/C58H95NO7/c1-6-8-10-12-14-16-18-20-22-24-26-28-30-32-34-36-38-40-42-44-46-48-56(60)65-53-54(52-64-51-50-55(58(62)63)59(3,4)5)66-57(61)49-47-45-43-41-39-37-35-33-31-29-27-25-23-21-19-17-15-13-11-9-7-2/h14-17,20-23,26-29,32-35,38,40,54-55H,6-13,18-19,24-25,30-31,36-37,39,41-53H2,1-5H3/p+1/b16-14+,17-15+,22-20+,23-21+,28-26+,29-27+,34-32+,35-33+,40-38+. The molecule has 0 aromatic rings. The second-order valence-electron chi connectivity index (χ2n) is 18.1. The van der Waals surface area contributed by atoms with Crippen LogP contribution in [-0.2, 0) is 28.6 Å². The zero-order valence-corrected chi connectivity index (χ0v) is 42.6. The summed E-state index contributed by atoms with van der Waals surface area (Å²) in [6, 6.07) is -0.633. The molecule has 0 rings (SSSR count). The number of rotatable bonds is 45. The van der Waals surface area contributed by atoms with E-state index >= 15 is 0 Å². The van der Waals surface area contributed by atoms with Gasteiger partial charge in [0.2, 0.25) is 0 Å². The van der Waals surface area contributed by atoms with Crippen LogP contribution in [0.3, 0.4) is 0 Å². The van der Waals surface area contributed by atoms with Crippen molar-refractivity contribution in [1.29, 1.82) is 0 Å². The molecule has 8 heteroatoms. The fraction of sp³-hybridized carbons (Fsp3) is 0.638. The van der Waals surface area contributed by atoms with Gasteiger partial charge in [-0.2, -0.15) is 0 Å². The molecule has 0 aliphatic carbocycles. The first-order chi connectivity index (χ1) is 32.1. The van der Waals surface area contributed by atoms with Crippen molar-refractivity contribution in [2.75, 3.05) is 41.0 Å². The van der Waals surface area contributed by atoms with E-state index in [1.54, 1.807) is 0 Å². The molecule has 0 aliphatic rings. The van der Waals surface area contributed by atoms with Crippen LogP contribution in [0.1, 0.15) is 187 Å². The van der Waals surface area contributed by atoms with E-state index in [0.29, 0.717) is 25.7 Å². The van der Waals surface area contributed by atoms with Gasteiger partial charge in [0.15, 0.2) is 12.1 Å². The number of unbranched alkanes of at least 4 members (excludes halogenated alkanes) is 13. The Kier molecular flexibility index (Phi) is 44.6. The van der Waals surface area contributed by atoms with Gasteiger partial charge in [0.25, 0.3) is 0 Å². The first kappa shape index (κ1) is 62.0. The molecular formula is C58H96NO7+. The number of nitrogens with zero attached hydrogens (tertiary/aromatic N) is 1. The van der Waals surface area contributed by atoms with Crippen molar-refractivity contribution in [2.24, 2.45) is 0 Å². The molecule has 0 bridgehead atoms. The third-order valence-electron chi connectivity index (χ3n) is 10.9. The van der Waals surface area contributed by atoms with Gasteiger partial charge in [-0.1, -0.05) is 168 Å². The van der Waals surface area contributed by atoms with Crippen molar-refractivity contribution < 1.29 is 38.2 Å². The topological polar surface area (TPSA) is 99.1 Å². The van der Waals surface area contributed by atoms with Crippen molar-refractivity contribution in [1.82, 2.24) is 0 Å².